The summed E-state index contributed by atoms with van der Waals surface area (Å²) in [7, 11) is 1.84. The standard InChI is InChI=1S/C19H29ClN2O2S/c1-12(2)15(21-18(23)11-20)7-8-22(4)19(24)17-10-14-9-13(3)5-6-16(14)25-17/h10,12-13,15H,5-9,11H2,1-4H3,(H,21,23). The molecule has 1 aliphatic carbocycles. The average molecular weight is 385 g/mol. The van der Waals surface area contributed by atoms with E-state index in [1.54, 1.807) is 16.2 Å². The smallest absolute Gasteiger partial charge is 0.263 e. The third-order valence-electron chi connectivity index (χ3n) is 4.93. The fourth-order valence-corrected chi connectivity index (χ4v) is 4.53. The summed E-state index contributed by atoms with van der Waals surface area (Å²) in [5.41, 5.74) is 1.36. The Hall–Kier alpha value is -1.07. The Morgan fingerprint density at radius 1 is 1.44 bits per heavy atom. The first-order valence-electron chi connectivity index (χ1n) is 9.04. The number of hydrogen-bond acceptors (Lipinski definition) is 3. The Bertz CT molecular complexity index is 615. The van der Waals surface area contributed by atoms with Gasteiger partial charge in [-0.2, -0.15) is 0 Å². The van der Waals surface area contributed by atoms with E-state index < -0.39 is 0 Å². The first-order chi connectivity index (χ1) is 11.8. The molecule has 4 nitrogen and oxygen atoms in total. The lowest BCUT2D eigenvalue weighted by atomic mass is 9.90. The summed E-state index contributed by atoms with van der Waals surface area (Å²) in [5, 5.41) is 2.94. The first kappa shape index (κ1) is 20.2. The monoisotopic (exact) mass is 384 g/mol. The fourth-order valence-electron chi connectivity index (χ4n) is 3.25. The summed E-state index contributed by atoms with van der Waals surface area (Å²) in [6.45, 7) is 7.02. The number of hydrogen-bond donors (Lipinski definition) is 1. The van der Waals surface area contributed by atoms with Crippen LogP contribution in [-0.2, 0) is 17.6 Å². The second kappa shape index (κ2) is 9.04. The zero-order chi connectivity index (χ0) is 18.6. The van der Waals surface area contributed by atoms with Crippen molar-refractivity contribution in [1.82, 2.24) is 10.2 Å². The van der Waals surface area contributed by atoms with Crippen molar-refractivity contribution in [1.29, 1.82) is 0 Å². The van der Waals surface area contributed by atoms with E-state index >= 15 is 0 Å². The molecule has 0 aliphatic heterocycles. The third kappa shape index (κ3) is 5.45. The maximum Gasteiger partial charge on any atom is 0.263 e. The molecule has 6 heteroatoms. The van der Waals surface area contributed by atoms with E-state index in [0.717, 1.165) is 24.1 Å². The molecule has 0 saturated heterocycles. The Labute approximate surface area is 159 Å². The molecule has 2 atom stereocenters. The van der Waals surface area contributed by atoms with Crippen molar-refractivity contribution in [3.05, 3.63) is 21.4 Å². The lowest BCUT2D eigenvalue weighted by Gasteiger charge is -2.25. The molecule has 0 aromatic carbocycles. The molecule has 1 N–H and O–H groups in total. The van der Waals surface area contributed by atoms with Gasteiger partial charge in [0.25, 0.3) is 5.91 Å². The van der Waals surface area contributed by atoms with Gasteiger partial charge in [0.05, 0.1) is 4.88 Å². The molecule has 140 valence electrons. The number of nitrogens with zero attached hydrogens (tertiary/aromatic N) is 1. The second-order valence-electron chi connectivity index (χ2n) is 7.47. The molecule has 25 heavy (non-hydrogen) atoms. The Morgan fingerprint density at radius 3 is 2.80 bits per heavy atom. The number of halogens is 1. The van der Waals surface area contributed by atoms with E-state index in [1.165, 1.54) is 16.9 Å². The molecule has 0 spiro atoms. The topological polar surface area (TPSA) is 49.4 Å². The van der Waals surface area contributed by atoms with Crippen LogP contribution in [0.1, 0.15) is 53.7 Å². The number of thiophene rings is 1. The lowest BCUT2D eigenvalue weighted by Crippen LogP contribution is -2.42. The van der Waals surface area contributed by atoms with Gasteiger partial charge in [-0.3, -0.25) is 9.59 Å². The van der Waals surface area contributed by atoms with Gasteiger partial charge in [-0.15, -0.1) is 22.9 Å². The Morgan fingerprint density at radius 2 is 2.16 bits per heavy atom. The van der Waals surface area contributed by atoms with Crippen molar-refractivity contribution in [3.63, 3.8) is 0 Å². The summed E-state index contributed by atoms with van der Waals surface area (Å²) in [6.07, 6.45) is 4.12. The van der Waals surface area contributed by atoms with Gasteiger partial charge in [-0.25, -0.2) is 0 Å². The number of aryl methyl sites for hydroxylation is 1. The highest BCUT2D eigenvalue weighted by Gasteiger charge is 2.23. The van der Waals surface area contributed by atoms with Gasteiger partial charge in [0.2, 0.25) is 5.91 Å². The number of carbonyl (C=O) groups is 2. The van der Waals surface area contributed by atoms with Crippen molar-refractivity contribution in [2.45, 2.75) is 52.5 Å². The van der Waals surface area contributed by atoms with Crippen molar-refractivity contribution < 1.29 is 9.59 Å². The van der Waals surface area contributed by atoms with Crippen molar-refractivity contribution in [2.24, 2.45) is 11.8 Å². The van der Waals surface area contributed by atoms with Crippen LogP contribution in [0.4, 0.5) is 0 Å². The molecule has 1 aliphatic rings. The van der Waals surface area contributed by atoms with E-state index in [0.29, 0.717) is 18.4 Å². The second-order valence-corrected chi connectivity index (χ2v) is 8.88. The van der Waals surface area contributed by atoms with Gasteiger partial charge >= 0.3 is 0 Å². The van der Waals surface area contributed by atoms with Crippen LogP contribution in [0.25, 0.3) is 0 Å². The van der Waals surface area contributed by atoms with Crippen LogP contribution in [0.5, 0.6) is 0 Å². The molecule has 2 rings (SSSR count). The maximum absolute atomic E-state index is 12.7. The van der Waals surface area contributed by atoms with E-state index in [4.69, 9.17) is 11.6 Å². The molecular weight excluding hydrogens is 356 g/mol. The van der Waals surface area contributed by atoms with Crippen LogP contribution in [0.2, 0.25) is 0 Å². The SMILES string of the molecule is CC1CCc2sc(C(=O)N(C)CCC(NC(=O)CCl)C(C)C)cc2C1. The van der Waals surface area contributed by atoms with Gasteiger partial charge in [-0.05, 0) is 49.1 Å². The predicted octanol–water partition coefficient (Wildman–Crippen LogP) is 3.71. The molecule has 2 unspecified atom stereocenters. The van der Waals surface area contributed by atoms with Gasteiger partial charge < -0.3 is 10.2 Å². The van der Waals surface area contributed by atoms with Crippen LogP contribution in [0.15, 0.2) is 6.07 Å². The zero-order valence-corrected chi connectivity index (χ0v) is 17.2. The van der Waals surface area contributed by atoms with Crippen LogP contribution >= 0.6 is 22.9 Å². The number of amides is 2. The van der Waals surface area contributed by atoms with E-state index in [9.17, 15) is 9.59 Å². The summed E-state index contributed by atoms with van der Waals surface area (Å²) in [5.74, 6) is 0.899. The molecular formula is C19H29ClN2O2S. The molecule has 0 radical (unpaired) electrons. The quantitative estimate of drug-likeness (QED) is 0.728. The minimum absolute atomic E-state index is 0.0268. The molecule has 1 aromatic rings. The van der Waals surface area contributed by atoms with Gasteiger partial charge in [0.1, 0.15) is 5.88 Å². The van der Waals surface area contributed by atoms with Crippen LogP contribution < -0.4 is 5.32 Å². The van der Waals surface area contributed by atoms with Crippen LogP contribution in [0.3, 0.4) is 0 Å². The molecule has 1 aromatic heterocycles. The Balaban J connectivity index is 1.94. The zero-order valence-electron chi connectivity index (χ0n) is 15.6. The summed E-state index contributed by atoms with van der Waals surface area (Å²) in [4.78, 5) is 28.3. The predicted molar refractivity (Wildman–Crippen MR) is 105 cm³/mol. The van der Waals surface area contributed by atoms with Crippen molar-refractivity contribution in [3.8, 4) is 0 Å². The minimum Gasteiger partial charge on any atom is -0.352 e. The minimum atomic E-state index is -0.158. The third-order valence-corrected chi connectivity index (χ3v) is 6.40. The van der Waals surface area contributed by atoms with E-state index in [-0.39, 0.29) is 23.7 Å². The Kier molecular flexibility index (Phi) is 7.32. The average Bonchev–Trinajstić information content (AvgIpc) is 2.99. The summed E-state index contributed by atoms with van der Waals surface area (Å²) in [6, 6.07) is 2.11. The molecule has 2 amide bonds. The number of carbonyl (C=O) groups excluding carboxylic acids is 2. The van der Waals surface area contributed by atoms with E-state index in [2.05, 4.69) is 32.2 Å². The first-order valence-corrected chi connectivity index (χ1v) is 10.4. The highest BCUT2D eigenvalue weighted by atomic mass is 35.5. The normalized spacial score (nSPS) is 17.9. The van der Waals surface area contributed by atoms with E-state index in [1.807, 2.05) is 7.05 Å². The van der Waals surface area contributed by atoms with Gasteiger partial charge in [0, 0.05) is 24.5 Å². The summed E-state index contributed by atoms with van der Waals surface area (Å²) < 4.78 is 0. The number of fused-ring (bicyclic) bond motifs is 1. The van der Waals surface area contributed by atoms with Gasteiger partial charge in [-0.1, -0.05) is 20.8 Å². The molecule has 0 saturated carbocycles. The highest BCUT2D eigenvalue weighted by Crippen LogP contribution is 2.32. The van der Waals surface area contributed by atoms with Crippen LogP contribution in [0, 0.1) is 11.8 Å². The number of rotatable bonds is 7. The van der Waals surface area contributed by atoms with Crippen molar-refractivity contribution in [2.75, 3.05) is 19.5 Å². The van der Waals surface area contributed by atoms with Crippen molar-refractivity contribution >= 4 is 34.8 Å². The fraction of sp³-hybridized carbons (Fsp3) is 0.684. The molecule has 0 bridgehead atoms. The summed E-state index contributed by atoms with van der Waals surface area (Å²) >= 11 is 7.23. The number of alkyl halides is 1. The van der Waals surface area contributed by atoms with Crippen LogP contribution in [-0.4, -0.2) is 42.2 Å². The number of nitrogens with one attached hydrogen (secondary N) is 1. The molecule has 1 heterocycles. The largest absolute Gasteiger partial charge is 0.352 e. The molecule has 0 fully saturated rings. The highest BCUT2D eigenvalue weighted by molar-refractivity contribution is 7.14. The maximum atomic E-state index is 12.7. The lowest BCUT2D eigenvalue weighted by molar-refractivity contribution is -0.119. The van der Waals surface area contributed by atoms with Gasteiger partial charge in [0.15, 0.2) is 0 Å².